The van der Waals surface area contributed by atoms with Crippen LogP contribution in [0.2, 0.25) is 0 Å². The van der Waals surface area contributed by atoms with E-state index in [1.807, 2.05) is 6.92 Å². The molecule has 1 unspecified atom stereocenters. The Morgan fingerprint density at radius 1 is 1.55 bits per heavy atom. The molecule has 1 aromatic heterocycles. The molecule has 0 aliphatic carbocycles. The third-order valence-electron chi connectivity index (χ3n) is 3.00. The van der Waals surface area contributed by atoms with Gasteiger partial charge in [0.25, 0.3) is 5.91 Å². The van der Waals surface area contributed by atoms with Crippen LogP contribution in [0.3, 0.4) is 0 Å². The van der Waals surface area contributed by atoms with Gasteiger partial charge in [0.15, 0.2) is 0 Å². The smallest absolute Gasteiger partial charge is 0.330 e. The molecule has 1 aliphatic rings. The topological polar surface area (TPSA) is 101 Å². The van der Waals surface area contributed by atoms with E-state index in [4.69, 9.17) is 0 Å². The molecule has 1 N–H and O–H groups in total. The fourth-order valence-corrected chi connectivity index (χ4v) is 2.64. The van der Waals surface area contributed by atoms with E-state index in [0.717, 1.165) is 11.5 Å². The molecule has 0 aromatic carbocycles. The highest BCUT2D eigenvalue weighted by molar-refractivity contribution is 7.08. The zero-order valence-corrected chi connectivity index (χ0v) is 11.9. The highest BCUT2D eigenvalue weighted by atomic mass is 32.1. The molecular weight excluding hydrogens is 284 g/mol. The van der Waals surface area contributed by atoms with Gasteiger partial charge in [0.2, 0.25) is 5.91 Å². The Bertz CT molecular complexity index is 544. The number of ether oxygens (including phenoxy) is 1. The van der Waals surface area contributed by atoms with Crippen LogP contribution in [-0.2, 0) is 20.7 Å². The van der Waals surface area contributed by atoms with E-state index >= 15 is 0 Å². The molecule has 1 atom stereocenters. The summed E-state index contributed by atoms with van der Waals surface area (Å²) in [6, 6.07) is -0.822. The number of hydrogen-bond acceptors (Lipinski definition) is 7. The lowest BCUT2D eigenvalue weighted by molar-refractivity contribution is -0.147. The number of hydrogen-bond donors (Lipinski definition) is 1. The summed E-state index contributed by atoms with van der Waals surface area (Å²) in [5.41, 5.74) is 0.564. The third kappa shape index (κ3) is 2.62. The second kappa shape index (κ2) is 5.95. The number of esters is 1. The predicted octanol–water partition coefficient (Wildman–Crippen LogP) is -0.786. The van der Waals surface area contributed by atoms with Gasteiger partial charge in [0.05, 0.1) is 12.8 Å². The molecule has 9 heteroatoms. The normalized spacial score (nSPS) is 18.6. The number of nitrogens with one attached hydrogen (secondary N) is 1. The van der Waals surface area contributed by atoms with Gasteiger partial charge in [0, 0.05) is 6.54 Å². The lowest BCUT2D eigenvalue weighted by Crippen LogP contribution is -2.59. The Morgan fingerprint density at radius 2 is 2.30 bits per heavy atom. The molecule has 1 fully saturated rings. The number of aryl methyl sites for hydroxylation is 1. The van der Waals surface area contributed by atoms with Crippen molar-refractivity contribution in [2.75, 3.05) is 20.2 Å². The van der Waals surface area contributed by atoms with Crippen LogP contribution in [0.5, 0.6) is 0 Å². The summed E-state index contributed by atoms with van der Waals surface area (Å²) in [5.74, 6) is -1.29. The molecular formula is C11H14N4O4S. The van der Waals surface area contributed by atoms with Crippen molar-refractivity contribution in [2.24, 2.45) is 0 Å². The predicted molar refractivity (Wildman–Crippen MR) is 69.1 cm³/mol. The van der Waals surface area contributed by atoms with Crippen LogP contribution in [0.1, 0.15) is 22.3 Å². The summed E-state index contributed by atoms with van der Waals surface area (Å²) in [5, 5.41) is 6.41. The lowest BCUT2D eigenvalue weighted by atomic mass is 10.1. The van der Waals surface area contributed by atoms with Crippen molar-refractivity contribution in [1.29, 1.82) is 0 Å². The molecule has 1 saturated heterocycles. The van der Waals surface area contributed by atoms with Crippen molar-refractivity contribution in [3.8, 4) is 0 Å². The monoisotopic (exact) mass is 298 g/mol. The SMILES string of the molecule is CCc1nnsc1C(=O)N1CC(=O)NCC1C(=O)OC. The Balaban J connectivity index is 2.28. The summed E-state index contributed by atoms with van der Waals surface area (Å²) in [6.45, 7) is 1.72. The van der Waals surface area contributed by atoms with Gasteiger partial charge < -0.3 is 15.0 Å². The van der Waals surface area contributed by atoms with Crippen LogP contribution < -0.4 is 5.32 Å². The number of carbonyl (C=O) groups is 3. The molecule has 2 heterocycles. The molecule has 0 radical (unpaired) electrons. The van der Waals surface area contributed by atoms with Crippen LogP contribution in [0.25, 0.3) is 0 Å². The summed E-state index contributed by atoms with van der Waals surface area (Å²) in [6.07, 6.45) is 0.556. The molecule has 0 spiro atoms. The first-order valence-electron chi connectivity index (χ1n) is 6.05. The minimum atomic E-state index is -0.822. The molecule has 1 aliphatic heterocycles. The van der Waals surface area contributed by atoms with Crippen molar-refractivity contribution in [3.05, 3.63) is 10.6 Å². The summed E-state index contributed by atoms with van der Waals surface area (Å²) in [4.78, 5) is 37.2. The second-order valence-electron chi connectivity index (χ2n) is 4.18. The fraction of sp³-hybridized carbons (Fsp3) is 0.545. The molecule has 2 amide bonds. The fourth-order valence-electron chi connectivity index (χ4n) is 1.93. The van der Waals surface area contributed by atoms with Gasteiger partial charge in [0.1, 0.15) is 17.5 Å². The van der Waals surface area contributed by atoms with E-state index in [-0.39, 0.29) is 19.0 Å². The maximum Gasteiger partial charge on any atom is 0.330 e. The van der Waals surface area contributed by atoms with Gasteiger partial charge in [-0.15, -0.1) is 5.10 Å². The van der Waals surface area contributed by atoms with Gasteiger partial charge >= 0.3 is 5.97 Å². The van der Waals surface area contributed by atoms with E-state index in [1.54, 1.807) is 0 Å². The number of methoxy groups -OCH3 is 1. The van der Waals surface area contributed by atoms with Crippen molar-refractivity contribution >= 4 is 29.3 Å². The molecule has 8 nitrogen and oxygen atoms in total. The van der Waals surface area contributed by atoms with Crippen LogP contribution >= 0.6 is 11.5 Å². The lowest BCUT2D eigenvalue weighted by Gasteiger charge is -2.33. The summed E-state index contributed by atoms with van der Waals surface area (Å²) >= 11 is 0.962. The molecule has 1 aromatic rings. The number of rotatable bonds is 3. The molecule has 108 valence electrons. The summed E-state index contributed by atoms with van der Waals surface area (Å²) in [7, 11) is 1.24. The van der Waals surface area contributed by atoms with Gasteiger partial charge in [-0.1, -0.05) is 11.4 Å². The van der Waals surface area contributed by atoms with E-state index in [1.165, 1.54) is 12.0 Å². The van der Waals surface area contributed by atoms with Crippen LogP contribution in [0.4, 0.5) is 0 Å². The second-order valence-corrected chi connectivity index (χ2v) is 4.93. The van der Waals surface area contributed by atoms with Crippen LogP contribution in [0, 0.1) is 0 Å². The highest BCUT2D eigenvalue weighted by Gasteiger charge is 2.37. The van der Waals surface area contributed by atoms with Crippen molar-refractivity contribution in [3.63, 3.8) is 0 Å². The standard InChI is InChI=1S/C11H14N4O4S/c1-3-6-9(20-14-13-6)10(17)15-5-8(16)12-4-7(15)11(18)19-2/h7H,3-5H2,1-2H3,(H,12,16). The zero-order chi connectivity index (χ0) is 14.7. The van der Waals surface area contributed by atoms with E-state index in [0.29, 0.717) is 17.0 Å². The maximum atomic E-state index is 12.5. The van der Waals surface area contributed by atoms with Gasteiger partial charge in [-0.2, -0.15) is 0 Å². The Morgan fingerprint density at radius 3 is 2.95 bits per heavy atom. The zero-order valence-electron chi connectivity index (χ0n) is 11.1. The van der Waals surface area contributed by atoms with Gasteiger partial charge in [-0.05, 0) is 18.0 Å². The van der Waals surface area contributed by atoms with Crippen molar-refractivity contribution in [2.45, 2.75) is 19.4 Å². The molecule has 0 bridgehead atoms. The number of carbonyl (C=O) groups excluding carboxylic acids is 3. The van der Waals surface area contributed by atoms with Crippen LogP contribution in [0.15, 0.2) is 0 Å². The minimum Gasteiger partial charge on any atom is -0.467 e. The Labute approximate surface area is 119 Å². The number of nitrogens with zero attached hydrogens (tertiary/aromatic N) is 3. The van der Waals surface area contributed by atoms with Crippen molar-refractivity contribution < 1.29 is 19.1 Å². The van der Waals surface area contributed by atoms with E-state index < -0.39 is 17.9 Å². The summed E-state index contributed by atoms with van der Waals surface area (Å²) < 4.78 is 8.41. The highest BCUT2D eigenvalue weighted by Crippen LogP contribution is 2.17. The first-order chi connectivity index (χ1) is 9.58. The van der Waals surface area contributed by atoms with E-state index in [2.05, 4.69) is 19.6 Å². The Kier molecular flexibility index (Phi) is 4.28. The number of amides is 2. The minimum absolute atomic E-state index is 0.0466. The van der Waals surface area contributed by atoms with Gasteiger partial charge in [-0.25, -0.2) is 4.79 Å². The molecule has 2 rings (SSSR count). The average molecular weight is 298 g/mol. The Hall–Kier alpha value is -2.03. The van der Waals surface area contributed by atoms with E-state index in [9.17, 15) is 14.4 Å². The molecule has 0 saturated carbocycles. The first kappa shape index (κ1) is 14.4. The molecule has 20 heavy (non-hydrogen) atoms. The average Bonchev–Trinajstić information content (AvgIpc) is 2.94. The first-order valence-corrected chi connectivity index (χ1v) is 6.82. The quantitative estimate of drug-likeness (QED) is 0.734. The van der Waals surface area contributed by atoms with Crippen molar-refractivity contribution in [1.82, 2.24) is 19.8 Å². The number of aromatic nitrogens is 2. The number of piperazine rings is 1. The maximum absolute atomic E-state index is 12.5. The van der Waals surface area contributed by atoms with Crippen LogP contribution in [-0.4, -0.2) is 58.5 Å². The van der Waals surface area contributed by atoms with Gasteiger partial charge in [-0.3, -0.25) is 9.59 Å². The third-order valence-corrected chi connectivity index (χ3v) is 3.76. The largest absolute Gasteiger partial charge is 0.467 e.